The lowest BCUT2D eigenvalue weighted by atomic mass is 9.81. The van der Waals surface area contributed by atoms with Crippen LogP contribution in [0.25, 0.3) is 0 Å². The third kappa shape index (κ3) is 4.50. The van der Waals surface area contributed by atoms with E-state index in [0.717, 1.165) is 23.0 Å². The van der Waals surface area contributed by atoms with E-state index in [1.54, 1.807) is 6.07 Å². The molecule has 0 bridgehead atoms. The van der Waals surface area contributed by atoms with E-state index in [1.807, 2.05) is 12.1 Å². The van der Waals surface area contributed by atoms with Crippen LogP contribution in [0.15, 0.2) is 22.7 Å². The molecule has 0 aliphatic carbocycles. The molecule has 19 heavy (non-hydrogen) atoms. The summed E-state index contributed by atoms with van der Waals surface area (Å²) in [6, 6.07) is 5.80. The van der Waals surface area contributed by atoms with E-state index in [2.05, 4.69) is 55.9 Å². The smallest absolute Gasteiger partial charge is 0.120 e. The molecule has 0 saturated carbocycles. The third-order valence-corrected chi connectivity index (χ3v) is 4.63. The Labute approximate surface area is 125 Å². The average Bonchev–Trinajstić information content (AvgIpc) is 2.33. The van der Waals surface area contributed by atoms with Crippen LogP contribution in [-0.2, 0) is 0 Å². The molecule has 0 radical (unpaired) electrons. The highest BCUT2D eigenvalue weighted by Gasteiger charge is 2.24. The minimum atomic E-state index is 0.190. The van der Waals surface area contributed by atoms with Crippen molar-refractivity contribution in [1.29, 1.82) is 0 Å². The summed E-state index contributed by atoms with van der Waals surface area (Å²) in [6.45, 7) is 12.1. The zero-order valence-electron chi connectivity index (χ0n) is 12.6. The molecule has 0 aromatic heterocycles. The van der Waals surface area contributed by atoms with Crippen molar-refractivity contribution in [1.82, 2.24) is 5.32 Å². The monoisotopic (exact) mass is 327 g/mol. The molecular formula is C16H26BrNO. The first kappa shape index (κ1) is 16.5. The minimum absolute atomic E-state index is 0.190. The van der Waals surface area contributed by atoms with Gasteiger partial charge in [0.25, 0.3) is 0 Å². The van der Waals surface area contributed by atoms with Crippen molar-refractivity contribution in [3.05, 3.63) is 28.2 Å². The molecule has 1 rings (SSSR count). The second kappa shape index (κ2) is 6.76. The molecule has 1 unspecified atom stereocenters. The lowest BCUT2D eigenvalue weighted by Crippen LogP contribution is -2.35. The molecule has 108 valence electrons. The van der Waals surface area contributed by atoms with E-state index in [1.165, 1.54) is 0 Å². The molecule has 3 heteroatoms. The van der Waals surface area contributed by atoms with Gasteiger partial charge in [0.2, 0.25) is 0 Å². The second-order valence-corrected chi connectivity index (χ2v) is 7.10. The predicted molar refractivity (Wildman–Crippen MR) is 85.5 cm³/mol. The van der Waals surface area contributed by atoms with Crippen LogP contribution in [0, 0.1) is 11.3 Å². The number of benzene rings is 1. The van der Waals surface area contributed by atoms with E-state index in [9.17, 15) is 5.11 Å². The fraction of sp³-hybridized carbons (Fsp3) is 0.625. The van der Waals surface area contributed by atoms with Gasteiger partial charge >= 0.3 is 0 Å². The lowest BCUT2D eigenvalue weighted by Gasteiger charge is -2.32. The number of nitrogens with one attached hydrogen (secondary N) is 1. The van der Waals surface area contributed by atoms with Crippen LogP contribution in [0.5, 0.6) is 5.75 Å². The summed E-state index contributed by atoms with van der Waals surface area (Å²) in [5.41, 5.74) is 1.21. The third-order valence-electron chi connectivity index (χ3n) is 4.14. The maximum absolute atomic E-state index is 10.0. The van der Waals surface area contributed by atoms with Crippen molar-refractivity contribution in [3.63, 3.8) is 0 Å². The molecule has 0 fully saturated rings. The van der Waals surface area contributed by atoms with E-state index < -0.39 is 0 Å². The van der Waals surface area contributed by atoms with Gasteiger partial charge in [-0.1, -0.05) is 50.5 Å². The SMILES string of the molecule is CCC(NCC(C)(C)C(C)C)c1cc(Br)ccc1O. The second-order valence-electron chi connectivity index (χ2n) is 6.19. The van der Waals surface area contributed by atoms with Gasteiger partial charge in [0.1, 0.15) is 5.75 Å². The van der Waals surface area contributed by atoms with Crippen molar-refractivity contribution in [2.45, 2.75) is 47.1 Å². The van der Waals surface area contributed by atoms with E-state index in [-0.39, 0.29) is 11.5 Å². The zero-order chi connectivity index (χ0) is 14.6. The minimum Gasteiger partial charge on any atom is -0.508 e. The molecule has 0 heterocycles. The molecule has 0 amide bonds. The quantitative estimate of drug-likeness (QED) is 0.780. The van der Waals surface area contributed by atoms with Gasteiger partial charge < -0.3 is 10.4 Å². The number of phenols is 1. The van der Waals surface area contributed by atoms with Crippen LogP contribution < -0.4 is 5.32 Å². The van der Waals surface area contributed by atoms with E-state index >= 15 is 0 Å². The van der Waals surface area contributed by atoms with Gasteiger partial charge in [-0.2, -0.15) is 0 Å². The molecule has 1 aromatic carbocycles. The van der Waals surface area contributed by atoms with Crippen LogP contribution in [0.4, 0.5) is 0 Å². The standard InChI is InChI=1S/C16H26BrNO/c1-6-14(18-10-16(4,5)11(2)3)13-9-12(17)7-8-15(13)19/h7-9,11,14,18-19H,6,10H2,1-5H3. The fourth-order valence-electron chi connectivity index (χ4n) is 1.87. The number of phenolic OH excluding ortho intramolecular Hbond substituents is 1. The van der Waals surface area contributed by atoms with Crippen molar-refractivity contribution < 1.29 is 5.11 Å². The molecule has 2 nitrogen and oxygen atoms in total. The van der Waals surface area contributed by atoms with E-state index in [4.69, 9.17) is 0 Å². The number of hydrogen-bond acceptors (Lipinski definition) is 2. The van der Waals surface area contributed by atoms with Gasteiger partial charge in [0.15, 0.2) is 0 Å². The Bertz CT molecular complexity index is 415. The molecule has 0 aliphatic heterocycles. The summed E-state index contributed by atoms with van der Waals surface area (Å²) < 4.78 is 1.00. The first-order valence-corrected chi connectivity index (χ1v) is 7.79. The summed E-state index contributed by atoms with van der Waals surface area (Å²) in [5.74, 6) is 0.985. The molecule has 1 aromatic rings. The van der Waals surface area contributed by atoms with Gasteiger partial charge in [0.05, 0.1) is 0 Å². The topological polar surface area (TPSA) is 32.3 Å². The van der Waals surface area contributed by atoms with Gasteiger partial charge in [-0.15, -0.1) is 0 Å². The highest BCUT2D eigenvalue weighted by molar-refractivity contribution is 9.10. The Morgan fingerprint density at radius 1 is 1.32 bits per heavy atom. The number of hydrogen-bond donors (Lipinski definition) is 2. The van der Waals surface area contributed by atoms with Crippen LogP contribution in [0.2, 0.25) is 0 Å². The largest absolute Gasteiger partial charge is 0.508 e. The van der Waals surface area contributed by atoms with Gasteiger partial charge in [0, 0.05) is 22.6 Å². The van der Waals surface area contributed by atoms with Gasteiger partial charge in [-0.25, -0.2) is 0 Å². The molecule has 0 spiro atoms. The summed E-state index contributed by atoms with van der Waals surface area (Å²) in [7, 11) is 0. The summed E-state index contributed by atoms with van der Waals surface area (Å²) in [4.78, 5) is 0. The van der Waals surface area contributed by atoms with Crippen LogP contribution in [0.3, 0.4) is 0 Å². The van der Waals surface area contributed by atoms with Gasteiger partial charge in [-0.3, -0.25) is 0 Å². The highest BCUT2D eigenvalue weighted by atomic mass is 79.9. The Balaban J connectivity index is 2.82. The Kier molecular flexibility index (Phi) is 5.87. The lowest BCUT2D eigenvalue weighted by molar-refractivity contribution is 0.226. The van der Waals surface area contributed by atoms with Crippen molar-refractivity contribution in [2.24, 2.45) is 11.3 Å². The molecular weight excluding hydrogens is 302 g/mol. The number of aromatic hydroxyl groups is 1. The summed E-state index contributed by atoms with van der Waals surface area (Å²) in [6.07, 6.45) is 0.957. The zero-order valence-corrected chi connectivity index (χ0v) is 14.2. The molecule has 0 saturated heterocycles. The van der Waals surface area contributed by atoms with Crippen molar-refractivity contribution in [2.75, 3.05) is 6.54 Å². The first-order valence-electron chi connectivity index (χ1n) is 6.99. The predicted octanol–water partition coefficient (Wildman–Crippen LogP) is 4.88. The maximum Gasteiger partial charge on any atom is 0.120 e. The first-order chi connectivity index (χ1) is 8.77. The Morgan fingerprint density at radius 3 is 2.47 bits per heavy atom. The highest BCUT2D eigenvalue weighted by Crippen LogP contribution is 2.31. The fourth-order valence-corrected chi connectivity index (χ4v) is 2.25. The van der Waals surface area contributed by atoms with Crippen LogP contribution >= 0.6 is 15.9 Å². The average molecular weight is 328 g/mol. The van der Waals surface area contributed by atoms with Gasteiger partial charge in [-0.05, 0) is 36.0 Å². The molecule has 2 N–H and O–H groups in total. The maximum atomic E-state index is 10.0. The van der Waals surface area contributed by atoms with Crippen LogP contribution in [0.1, 0.15) is 52.6 Å². The van der Waals surface area contributed by atoms with Crippen molar-refractivity contribution >= 4 is 15.9 Å². The van der Waals surface area contributed by atoms with Crippen LogP contribution in [-0.4, -0.2) is 11.7 Å². The van der Waals surface area contributed by atoms with E-state index in [0.29, 0.717) is 11.7 Å². The number of halogens is 1. The van der Waals surface area contributed by atoms with Crippen molar-refractivity contribution in [3.8, 4) is 5.75 Å². The summed E-state index contributed by atoms with van der Waals surface area (Å²) in [5, 5.41) is 13.6. The summed E-state index contributed by atoms with van der Waals surface area (Å²) >= 11 is 3.47. The number of rotatable bonds is 6. The normalized spacial score (nSPS) is 13.8. The molecule has 0 aliphatic rings. The Hall–Kier alpha value is -0.540. The molecule has 1 atom stereocenters. The Morgan fingerprint density at radius 2 is 1.95 bits per heavy atom.